The Morgan fingerprint density at radius 1 is 1.28 bits per heavy atom. The second-order valence-corrected chi connectivity index (χ2v) is 6.73. The number of anilines is 1. The average molecular weight is 358 g/mol. The predicted molar refractivity (Wildman–Crippen MR) is 97.5 cm³/mol. The molecule has 1 aliphatic rings. The zero-order valence-corrected chi connectivity index (χ0v) is 14.4. The van der Waals surface area contributed by atoms with Crippen molar-refractivity contribution in [1.29, 1.82) is 0 Å². The van der Waals surface area contributed by atoms with E-state index in [0.717, 1.165) is 39.8 Å². The van der Waals surface area contributed by atoms with Gasteiger partial charge < -0.3 is 15.6 Å². The Morgan fingerprint density at radius 2 is 2.04 bits per heavy atom. The third-order valence-corrected chi connectivity index (χ3v) is 4.86. The van der Waals surface area contributed by atoms with Crippen molar-refractivity contribution in [3.63, 3.8) is 0 Å². The predicted octanol–water partition coefficient (Wildman–Crippen LogP) is 4.09. The summed E-state index contributed by atoms with van der Waals surface area (Å²) in [6.07, 6.45) is 0.727. The van der Waals surface area contributed by atoms with Crippen molar-refractivity contribution >= 4 is 34.1 Å². The molecule has 25 heavy (non-hydrogen) atoms. The monoisotopic (exact) mass is 357 g/mol. The topological polar surface area (TPSA) is 56.9 Å². The Morgan fingerprint density at radius 3 is 2.80 bits per heavy atom. The first-order chi connectivity index (χ1) is 12.0. The van der Waals surface area contributed by atoms with Gasteiger partial charge in [-0.15, -0.1) is 0 Å². The number of H-pyrrole nitrogens is 1. The lowest BCUT2D eigenvalue weighted by Gasteiger charge is -2.23. The van der Waals surface area contributed by atoms with Gasteiger partial charge in [-0.2, -0.15) is 0 Å². The molecule has 1 atom stereocenters. The van der Waals surface area contributed by atoms with E-state index in [1.54, 1.807) is 6.07 Å². The van der Waals surface area contributed by atoms with Crippen LogP contribution in [0.15, 0.2) is 36.4 Å². The van der Waals surface area contributed by atoms with Crippen molar-refractivity contribution in [1.82, 2.24) is 10.3 Å². The van der Waals surface area contributed by atoms with Crippen LogP contribution in [0.25, 0.3) is 10.9 Å². The molecule has 0 saturated heterocycles. The maximum absolute atomic E-state index is 13.8. The van der Waals surface area contributed by atoms with E-state index in [4.69, 9.17) is 11.6 Å². The molecular formula is C19H17ClFN3O. The first kappa shape index (κ1) is 16.1. The lowest BCUT2D eigenvalue weighted by Crippen LogP contribution is -2.38. The van der Waals surface area contributed by atoms with Crippen molar-refractivity contribution in [3.05, 3.63) is 64.1 Å². The van der Waals surface area contributed by atoms with E-state index in [1.807, 2.05) is 31.2 Å². The summed E-state index contributed by atoms with van der Waals surface area (Å²) in [6.45, 7) is 2.64. The van der Waals surface area contributed by atoms with Crippen LogP contribution in [0.5, 0.6) is 0 Å². The number of aromatic amines is 1. The molecule has 0 unspecified atom stereocenters. The number of hydrogen-bond donors (Lipinski definition) is 3. The number of halogens is 2. The van der Waals surface area contributed by atoms with E-state index in [1.165, 1.54) is 6.07 Å². The van der Waals surface area contributed by atoms with Gasteiger partial charge in [0.15, 0.2) is 0 Å². The Hall–Kier alpha value is -2.37. The highest BCUT2D eigenvalue weighted by atomic mass is 35.5. The fourth-order valence-corrected chi connectivity index (χ4v) is 3.46. The molecule has 0 aliphatic carbocycles. The second-order valence-electron chi connectivity index (χ2n) is 6.32. The fraction of sp³-hybridized carbons (Fsp3) is 0.211. The molecule has 3 N–H and O–H groups in total. The van der Waals surface area contributed by atoms with Crippen LogP contribution in [0.4, 0.5) is 10.1 Å². The lowest BCUT2D eigenvalue weighted by atomic mass is 9.98. The second kappa shape index (κ2) is 6.17. The highest BCUT2D eigenvalue weighted by molar-refractivity contribution is 6.31. The number of nitrogens with one attached hydrogen (secondary N) is 3. The van der Waals surface area contributed by atoms with Gasteiger partial charge in [-0.3, -0.25) is 4.79 Å². The molecule has 1 aromatic heterocycles. The van der Waals surface area contributed by atoms with Gasteiger partial charge >= 0.3 is 0 Å². The molecule has 4 nitrogen and oxygen atoms in total. The summed E-state index contributed by atoms with van der Waals surface area (Å²) in [7, 11) is 0. The van der Waals surface area contributed by atoms with Crippen LogP contribution in [0, 0.1) is 12.7 Å². The van der Waals surface area contributed by atoms with Crippen LogP contribution >= 0.6 is 11.6 Å². The highest BCUT2D eigenvalue weighted by Crippen LogP contribution is 2.33. The smallest absolute Gasteiger partial charge is 0.247 e. The third-order valence-electron chi connectivity index (χ3n) is 4.57. The molecular weight excluding hydrogens is 341 g/mol. The first-order valence-electron chi connectivity index (χ1n) is 8.13. The van der Waals surface area contributed by atoms with Gasteiger partial charge in [-0.1, -0.05) is 29.3 Å². The van der Waals surface area contributed by atoms with Crippen LogP contribution in [-0.4, -0.2) is 17.4 Å². The van der Waals surface area contributed by atoms with Gasteiger partial charge in [0.25, 0.3) is 0 Å². The lowest BCUT2D eigenvalue weighted by molar-refractivity contribution is -0.118. The van der Waals surface area contributed by atoms with E-state index in [-0.39, 0.29) is 10.9 Å². The minimum Gasteiger partial charge on any atom is -0.356 e. The summed E-state index contributed by atoms with van der Waals surface area (Å²) in [5.74, 6) is -0.599. The summed E-state index contributed by atoms with van der Waals surface area (Å²) in [6, 6.07) is 10.1. The zero-order chi connectivity index (χ0) is 17.6. The summed E-state index contributed by atoms with van der Waals surface area (Å²) in [5.41, 5.74) is 4.36. The minimum atomic E-state index is -0.515. The molecule has 0 radical (unpaired) electrons. The standard InChI is InChI=1S/C19H17ClFN3O/c1-10-2-4-11(5-3-10)23-19(25)18-17-12(6-7-22-18)13-8-15(21)14(20)9-16(13)24-17/h2-5,8-9,18,22,24H,6-7H2,1H3,(H,23,25)/t18-/m1/s1. The van der Waals surface area contributed by atoms with E-state index >= 15 is 0 Å². The number of benzene rings is 2. The number of aromatic nitrogens is 1. The number of amides is 1. The number of hydrogen-bond acceptors (Lipinski definition) is 2. The molecule has 2 aromatic carbocycles. The summed E-state index contributed by atoms with van der Waals surface area (Å²) in [4.78, 5) is 16.0. The molecule has 0 bridgehead atoms. The molecule has 3 aromatic rings. The number of fused-ring (bicyclic) bond motifs is 3. The van der Waals surface area contributed by atoms with Gasteiger partial charge in [0.1, 0.15) is 11.9 Å². The summed E-state index contributed by atoms with van der Waals surface area (Å²) < 4.78 is 13.8. The van der Waals surface area contributed by atoms with E-state index in [0.29, 0.717) is 6.54 Å². The van der Waals surface area contributed by atoms with E-state index < -0.39 is 11.9 Å². The van der Waals surface area contributed by atoms with Crippen LogP contribution in [0.2, 0.25) is 5.02 Å². The van der Waals surface area contributed by atoms with Crippen LogP contribution in [-0.2, 0) is 11.2 Å². The van der Waals surface area contributed by atoms with Gasteiger partial charge in [-0.25, -0.2) is 4.39 Å². The van der Waals surface area contributed by atoms with Crippen LogP contribution < -0.4 is 10.6 Å². The molecule has 0 fully saturated rings. The molecule has 128 valence electrons. The van der Waals surface area contributed by atoms with Gasteiger partial charge in [-0.05, 0) is 43.2 Å². The average Bonchev–Trinajstić information content (AvgIpc) is 2.94. The number of carbonyl (C=O) groups is 1. The Kier molecular flexibility index (Phi) is 3.98. The third kappa shape index (κ3) is 2.90. The Bertz CT molecular complexity index is 965. The van der Waals surface area contributed by atoms with Crippen molar-refractivity contribution < 1.29 is 9.18 Å². The summed E-state index contributed by atoms with van der Waals surface area (Å²) >= 11 is 5.88. The minimum absolute atomic E-state index is 0.0692. The molecule has 1 amide bonds. The maximum Gasteiger partial charge on any atom is 0.247 e. The number of aryl methyl sites for hydroxylation is 1. The Labute approximate surface area is 149 Å². The fourth-order valence-electron chi connectivity index (χ4n) is 3.30. The number of rotatable bonds is 2. The normalized spacial score (nSPS) is 16.7. The highest BCUT2D eigenvalue weighted by Gasteiger charge is 2.29. The van der Waals surface area contributed by atoms with Gasteiger partial charge in [0.05, 0.1) is 5.02 Å². The Balaban J connectivity index is 1.69. The molecule has 4 rings (SSSR count). The van der Waals surface area contributed by atoms with Crippen molar-refractivity contribution in [2.24, 2.45) is 0 Å². The largest absolute Gasteiger partial charge is 0.356 e. The van der Waals surface area contributed by atoms with Gasteiger partial charge in [0.2, 0.25) is 5.91 Å². The summed E-state index contributed by atoms with van der Waals surface area (Å²) in [5, 5.41) is 7.01. The molecule has 6 heteroatoms. The molecule has 1 aliphatic heterocycles. The molecule has 0 saturated carbocycles. The quantitative estimate of drug-likeness (QED) is 0.647. The van der Waals surface area contributed by atoms with Crippen molar-refractivity contribution in [2.75, 3.05) is 11.9 Å². The SMILES string of the molecule is Cc1ccc(NC(=O)[C@@H]2NCCc3c2[nH]c2cc(Cl)c(F)cc32)cc1. The van der Waals surface area contributed by atoms with Crippen LogP contribution in [0.1, 0.15) is 22.9 Å². The zero-order valence-electron chi connectivity index (χ0n) is 13.6. The van der Waals surface area contributed by atoms with Crippen LogP contribution in [0.3, 0.4) is 0 Å². The van der Waals surface area contributed by atoms with E-state index in [2.05, 4.69) is 15.6 Å². The van der Waals surface area contributed by atoms with E-state index in [9.17, 15) is 9.18 Å². The van der Waals surface area contributed by atoms with Crippen molar-refractivity contribution in [2.45, 2.75) is 19.4 Å². The maximum atomic E-state index is 13.8. The first-order valence-corrected chi connectivity index (χ1v) is 8.51. The molecule has 2 heterocycles. The van der Waals surface area contributed by atoms with Gasteiger partial charge in [0, 0.05) is 28.8 Å². The molecule has 0 spiro atoms. The number of carbonyl (C=O) groups excluding carboxylic acids is 1. The van der Waals surface area contributed by atoms with Crippen molar-refractivity contribution in [3.8, 4) is 0 Å².